The van der Waals surface area contributed by atoms with E-state index in [0.717, 1.165) is 24.3 Å². The molecule has 6 nitrogen and oxygen atoms in total. The summed E-state index contributed by atoms with van der Waals surface area (Å²) in [7, 11) is 0. The van der Waals surface area contributed by atoms with Crippen LogP contribution in [0.5, 0.6) is 0 Å². The summed E-state index contributed by atoms with van der Waals surface area (Å²) in [6.45, 7) is 4.21. The molecule has 9 heteroatoms. The summed E-state index contributed by atoms with van der Waals surface area (Å²) < 4.78 is 37.8. The highest BCUT2D eigenvalue weighted by molar-refractivity contribution is 5.94. The normalized spacial score (nSPS) is 15.4. The van der Waals surface area contributed by atoms with Crippen molar-refractivity contribution in [3.63, 3.8) is 0 Å². The van der Waals surface area contributed by atoms with E-state index >= 15 is 0 Å². The van der Waals surface area contributed by atoms with Crippen molar-refractivity contribution in [2.75, 3.05) is 19.6 Å². The van der Waals surface area contributed by atoms with Gasteiger partial charge >= 0.3 is 6.18 Å². The second-order valence-corrected chi connectivity index (χ2v) is 7.08. The Balaban J connectivity index is 1.83. The fraction of sp³-hybridized carbons (Fsp3) is 0.526. The molecule has 0 aromatic heterocycles. The second-order valence-electron chi connectivity index (χ2n) is 7.08. The average Bonchev–Trinajstić information content (AvgIpc) is 2.64. The summed E-state index contributed by atoms with van der Waals surface area (Å²) in [6.07, 6.45) is -3.58. The minimum absolute atomic E-state index is 0.0103. The van der Waals surface area contributed by atoms with Crippen molar-refractivity contribution in [2.45, 2.75) is 38.9 Å². The molecule has 2 N–H and O–H groups in total. The van der Waals surface area contributed by atoms with Crippen LogP contribution < -0.4 is 10.6 Å². The van der Waals surface area contributed by atoms with E-state index in [1.807, 2.05) is 13.8 Å². The number of benzene rings is 1. The van der Waals surface area contributed by atoms with Crippen molar-refractivity contribution in [3.8, 4) is 0 Å². The maximum absolute atomic E-state index is 12.6. The second kappa shape index (κ2) is 9.07. The van der Waals surface area contributed by atoms with Crippen molar-refractivity contribution in [1.82, 2.24) is 15.5 Å². The Morgan fingerprint density at radius 1 is 1.11 bits per heavy atom. The molecule has 1 saturated heterocycles. The molecule has 2 rings (SSSR count). The lowest BCUT2D eigenvalue weighted by Crippen LogP contribution is -2.45. The molecule has 1 aliphatic rings. The SMILES string of the molecule is CC(C)NC(=O)CNC(=O)C1CCN(C(=O)c2ccc(C(F)(F)F)cc2)CC1. The molecular formula is C19H24F3N3O3. The van der Waals surface area contributed by atoms with E-state index in [1.165, 1.54) is 4.90 Å². The van der Waals surface area contributed by atoms with E-state index < -0.39 is 11.7 Å². The monoisotopic (exact) mass is 399 g/mol. The molecule has 0 bridgehead atoms. The van der Waals surface area contributed by atoms with E-state index in [4.69, 9.17) is 0 Å². The third-order valence-electron chi connectivity index (χ3n) is 4.48. The number of nitrogens with one attached hydrogen (secondary N) is 2. The van der Waals surface area contributed by atoms with Gasteiger partial charge in [0.25, 0.3) is 5.91 Å². The summed E-state index contributed by atoms with van der Waals surface area (Å²) in [5, 5.41) is 5.27. The first-order chi connectivity index (χ1) is 13.1. The third-order valence-corrected chi connectivity index (χ3v) is 4.48. The molecule has 154 valence electrons. The smallest absolute Gasteiger partial charge is 0.352 e. The van der Waals surface area contributed by atoms with Crippen LogP contribution in [0.2, 0.25) is 0 Å². The van der Waals surface area contributed by atoms with Crippen molar-refractivity contribution in [2.24, 2.45) is 5.92 Å². The summed E-state index contributed by atoms with van der Waals surface area (Å²) in [5.74, 6) is -1.16. The maximum Gasteiger partial charge on any atom is 0.416 e. The van der Waals surface area contributed by atoms with Crippen molar-refractivity contribution in [1.29, 1.82) is 0 Å². The fourth-order valence-electron chi connectivity index (χ4n) is 3.01. The van der Waals surface area contributed by atoms with E-state index in [-0.39, 0.29) is 41.8 Å². The van der Waals surface area contributed by atoms with E-state index in [9.17, 15) is 27.6 Å². The molecular weight excluding hydrogens is 375 g/mol. The molecule has 0 saturated carbocycles. The lowest BCUT2D eigenvalue weighted by molar-refractivity contribution is -0.137. The first kappa shape index (κ1) is 21.7. The third kappa shape index (κ3) is 5.97. The van der Waals surface area contributed by atoms with Gasteiger partial charge < -0.3 is 15.5 Å². The number of piperidine rings is 1. The van der Waals surface area contributed by atoms with Gasteiger partial charge in [-0.3, -0.25) is 14.4 Å². The van der Waals surface area contributed by atoms with Crippen LogP contribution in [0.25, 0.3) is 0 Å². The first-order valence-corrected chi connectivity index (χ1v) is 9.11. The zero-order chi connectivity index (χ0) is 20.9. The zero-order valence-corrected chi connectivity index (χ0v) is 15.8. The average molecular weight is 399 g/mol. The molecule has 0 unspecified atom stereocenters. The number of carbonyl (C=O) groups excluding carboxylic acids is 3. The van der Waals surface area contributed by atoms with Gasteiger partial charge in [-0.05, 0) is 51.0 Å². The number of halogens is 3. The van der Waals surface area contributed by atoms with E-state index in [2.05, 4.69) is 10.6 Å². The lowest BCUT2D eigenvalue weighted by atomic mass is 9.95. The van der Waals surface area contributed by atoms with Gasteiger partial charge in [-0.15, -0.1) is 0 Å². The van der Waals surface area contributed by atoms with Gasteiger partial charge in [-0.1, -0.05) is 0 Å². The van der Waals surface area contributed by atoms with Crippen LogP contribution in [0.1, 0.15) is 42.6 Å². The molecule has 1 aromatic carbocycles. The molecule has 1 aliphatic heterocycles. The highest BCUT2D eigenvalue weighted by Crippen LogP contribution is 2.29. The quantitative estimate of drug-likeness (QED) is 0.797. The van der Waals surface area contributed by atoms with Gasteiger partial charge in [0, 0.05) is 30.6 Å². The van der Waals surface area contributed by atoms with E-state index in [1.54, 1.807) is 0 Å². The molecule has 1 fully saturated rings. The van der Waals surface area contributed by atoms with Crippen molar-refractivity contribution >= 4 is 17.7 Å². The van der Waals surface area contributed by atoms with Gasteiger partial charge in [0.05, 0.1) is 12.1 Å². The van der Waals surface area contributed by atoms with Gasteiger partial charge in [-0.25, -0.2) is 0 Å². The molecule has 1 heterocycles. The fourth-order valence-corrected chi connectivity index (χ4v) is 3.01. The van der Waals surface area contributed by atoms with E-state index in [0.29, 0.717) is 25.9 Å². The minimum Gasteiger partial charge on any atom is -0.352 e. The number of carbonyl (C=O) groups is 3. The molecule has 0 radical (unpaired) electrons. The number of alkyl halides is 3. The van der Waals surface area contributed by atoms with Crippen molar-refractivity contribution in [3.05, 3.63) is 35.4 Å². The van der Waals surface area contributed by atoms with Gasteiger partial charge in [-0.2, -0.15) is 13.2 Å². The maximum atomic E-state index is 12.6. The van der Waals surface area contributed by atoms with Gasteiger partial charge in [0.2, 0.25) is 11.8 Å². The standard InChI is InChI=1S/C19H24F3N3O3/c1-12(2)24-16(26)11-23-17(27)13-7-9-25(10-8-13)18(28)14-3-5-15(6-4-14)19(20,21)22/h3-6,12-13H,7-11H2,1-2H3,(H,23,27)(H,24,26). The Bertz CT molecular complexity index is 709. The molecule has 0 spiro atoms. The number of hydrogen-bond donors (Lipinski definition) is 2. The van der Waals surface area contributed by atoms with Crippen molar-refractivity contribution < 1.29 is 27.6 Å². The highest BCUT2D eigenvalue weighted by Gasteiger charge is 2.31. The summed E-state index contributed by atoms with van der Waals surface area (Å²) >= 11 is 0. The largest absolute Gasteiger partial charge is 0.416 e. The number of nitrogens with zero attached hydrogens (tertiary/aromatic N) is 1. The summed E-state index contributed by atoms with van der Waals surface area (Å²) in [6, 6.07) is 4.09. The van der Waals surface area contributed by atoms with Gasteiger partial charge in [0.1, 0.15) is 0 Å². The van der Waals surface area contributed by atoms with Gasteiger partial charge in [0.15, 0.2) is 0 Å². The molecule has 0 atom stereocenters. The molecule has 28 heavy (non-hydrogen) atoms. The van der Waals surface area contributed by atoms with Crippen LogP contribution in [0.15, 0.2) is 24.3 Å². The van der Waals surface area contributed by atoms with Crippen LogP contribution in [0.4, 0.5) is 13.2 Å². The molecule has 1 aromatic rings. The van der Waals surface area contributed by atoms with Crippen LogP contribution in [0.3, 0.4) is 0 Å². The first-order valence-electron chi connectivity index (χ1n) is 9.11. The van der Waals surface area contributed by atoms with Crippen LogP contribution in [0, 0.1) is 5.92 Å². The lowest BCUT2D eigenvalue weighted by Gasteiger charge is -2.31. The Kier molecular flexibility index (Phi) is 7.04. The Labute approximate surface area is 161 Å². The summed E-state index contributed by atoms with van der Waals surface area (Å²) in [5.41, 5.74) is -0.623. The number of amides is 3. The minimum atomic E-state index is -4.45. The number of likely N-dealkylation sites (tertiary alicyclic amines) is 1. The summed E-state index contributed by atoms with van der Waals surface area (Å²) in [4.78, 5) is 37.7. The zero-order valence-electron chi connectivity index (χ0n) is 15.8. The highest BCUT2D eigenvalue weighted by atomic mass is 19.4. The van der Waals surface area contributed by atoms with Crippen LogP contribution in [-0.4, -0.2) is 48.3 Å². The predicted octanol–water partition coefficient (Wildman–Crippen LogP) is 2.20. The molecule has 0 aliphatic carbocycles. The Morgan fingerprint density at radius 2 is 1.68 bits per heavy atom. The Hall–Kier alpha value is -2.58. The Morgan fingerprint density at radius 3 is 2.18 bits per heavy atom. The predicted molar refractivity (Wildman–Crippen MR) is 96.4 cm³/mol. The van der Waals surface area contributed by atoms with Crippen LogP contribution in [-0.2, 0) is 15.8 Å². The number of rotatable bonds is 5. The molecule has 3 amide bonds. The number of hydrogen-bond acceptors (Lipinski definition) is 3. The van der Waals surface area contributed by atoms with Crippen LogP contribution >= 0.6 is 0 Å². The topological polar surface area (TPSA) is 78.5 Å².